The van der Waals surface area contributed by atoms with Crippen LogP contribution in [0.15, 0.2) is 0 Å². The van der Waals surface area contributed by atoms with Crippen molar-refractivity contribution in [3.8, 4) is 0 Å². The van der Waals surface area contributed by atoms with Crippen molar-refractivity contribution in [1.29, 1.82) is 0 Å². The van der Waals surface area contributed by atoms with Crippen LogP contribution in [0.2, 0.25) is 0 Å². The summed E-state index contributed by atoms with van der Waals surface area (Å²) < 4.78 is 12.1. The number of nitrogens with two attached hydrogens (primary N) is 1. The lowest BCUT2D eigenvalue weighted by atomic mass is 9.70. The predicted molar refractivity (Wildman–Crippen MR) is 73.3 cm³/mol. The minimum atomic E-state index is -0.00766. The number of hydrogen-bond acceptors (Lipinski definition) is 3. The molecular formula is C15H29NO2. The molecule has 3 heteroatoms. The Labute approximate surface area is 111 Å². The number of ether oxygens (including phenoxy) is 2. The molecule has 2 aliphatic rings. The van der Waals surface area contributed by atoms with Gasteiger partial charge in [-0.25, -0.2) is 0 Å². The van der Waals surface area contributed by atoms with Crippen LogP contribution < -0.4 is 5.73 Å². The second-order valence-electron chi connectivity index (χ2n) is 6.80. The van der Waals surface area contributed by atoms with Gasteiger partial charge in [0.05, 0.1) is 5.60 Å². The first-order chi connectivity index (χ1) is 8.55. The van der Waals surface area contributed by atoms with Crippen LogP contribution >= 0.6 is 0 Å². The minimum Gasteiger partial charge on any atom is -0.353 e. The van der Waals surface area contributed by atoms with Crippen molar-refractivity contribution in [2.45, 2.75) is 77.1 Å². The van der Waals surface area contributed by atoms with Crippen LogP contribution in [0.4, 0.5) is 0 Å². The highest BCUT2D eigenvalue weighted by Gasteiger charge is 2.40. The van der Waals surface area contributed by atoms with Crippen LogP contribution in [0, 0.1) is 5.41 Å². The lowest BCUT2D eigenvalue weighted by Crippen LogP contribution is -2.44. The molecular weight excluding hydrogens is 226 g/mol. The quantitative estimate of drug-likeness (QED) is 0.839. The van der Waals surface area contributed by atoms with Crippen LogP contribution in [0.25, 0.3) is 0 Å². The largest absolute Gasteiger partial charge is 0.353 e. The summed E-state index contributed by atoms with van der Waals surface area (Å²) in [7, 11) is 0. The molecule has 0 aromatic heterocycles. The predicted octanol–water partition coefficient (Wildman–Crippen LogP) is 3.22. The Bertz CT molecular complexity index is 249. The van der Waals surface area contributed by atoms with Gasteiger partial charge in [-0.15, -0.1) is 0 Å². The number of hydrogen-bond donors (Lipinski definition) is 1. The van der Waals surface area contributed by atoms with Gasteiger partial charge in [0.1, 0.15) is 0 Å². The summed E-state index contributed by atoms with van der Waals surface area (Å²) in [5.41, 5.74) is 6.26. The summed E-state index contributed by atoms with van der Waals surface area (Å²) in [6.07, 6.45) is 9.20. The standard InChI is InChI=1S/C15H29NO2/c1-14(2)6-8-15(9-7-14,10-11-16)18-13-5-3-4-12-17-13/h13H,3-12,16H2,1-2H3. The Hall–Kier alpha value is -0.120. The van der Waals surface area contributed by atoms with E-state index in [0.717, 1.165) is 32.3 Å². The highest BCUT2D eigenvalue weighted by molar-refractivity contribution is 4.91. The molecule has 2 N–H and O–H groups in total. The van der Waals surface area contributed by atoms with E-state index in [4.69, 9.17) is 15.2 Å². The van der Waals surface area contributed by atoms with E-state index in [2.05, 4.69) is 13.8 Å². The zero-order chi connectivity index (χ0) is 13.1. The fourth-order valence-electron chi connectivity index (χ4n) is 3.16. The van der Waals surface area contributed by atoms with Gasteiger partial charge in [0.25, 0.3) is 0 Å². The molecule has 3 nitrogen and oxygen atoms in total. The van der Waals surface area contributed by atoms with Gasteiger partial charge in [-0.2, -0.15) is 0 Å². The summed E-state index contributed by atoms with van der Waals surface area (Å²) >= 11 is 0. The fourth-order valence-corrected chi connectivity index (χ4v) is 3.16. The maximum Gasteiger partial charge on any atom is 0.158 e. The molecule has 0 spiro atoms. The molecule has 18 heavy (non-hydrogen) atoms. The van der Waals surface area contributed by atoms with E-state index in [1.807, 2.05) is 0 Å². The first-order valence-corrected chi connectivity index (χ1v) is 7.55. The third-order valence-electron chi connectivity index (χ3n) is 4.63. The Morgan fingerprint density at radius 3 is 2.44 bits per heavy atom. The molecule has 0 aromatic carbocycles. The van der Waals surface area contributed by atoms with Crippen LogP contribution in [-0.4, -0.2) is 25.0 Å². The first kappa shape index (κ1) is 14.3. The van der Waals surface area contributed by atoms with Gasteiger partial charge in [-0.05, 0) is 63.3 Å². The van der Waals surface area contributed by atoms with Crippen molar-refractivity contribution in [2.75, 3.05) is 13.2 Å². The van der Waals surface area contributed by atoms with Crippen molar-refractivity contribution in [3.05, 3.63) is 0 Å². The highest BCUT2D eigenvalue weighted by Crippen LogP contribution is 2.44. The maximum absolute atomic E-state index is 6.35. The second-order valence-corrected chi connectivity index (χ2v) is 6.80. The molecule has 1 saturated heterocycles. The van der Waals surface area contributed by atoms with Gasteiger partial charge in [-0.3, -0.25) is 0 Å². The van der Waals surface area contributed by atoms with Crippen LogP contribution in [0.3, 0.4) is 0 Å². The van der Waals surface area contributed by atoms with Gasteiger partial charge < -0.3 is 15.2 Å². The fraction of sp³-hybridized carbons (Fsp3) is 1.00. The Morgan fingerprint density at radius 2 is 1.89 bits per heavy atom. The maximum atomic E-state index is 6.35. The van der Waals surface area contributed by atoms with Crippen molar-refractivity contribution in [3.63, 3.8) is 0 Å². The summed E-state index contributed by atoms with van der Waals surface area (Å²) in [4.78, 5) is 0. The number of rotatable bonds is 4. The molecule has 1 aliphatic carbocycles. The third kappa shape index (κ3) is 3.69. The summed E-state index contributed by atoms with van der Waals surface area (Å²) in [5, 5.41) is 0. The van der Waals surface area contributed by atoms with E-state index in [0.29, 0.717) is 12.0 Å². The molecule has 0 bridgehead atoms. The highest BCUT2D eigenvalue weighted by atomic mass is 16.7. The Balaban J connectivity index is 1.94. The smallest absolute Gasteiger partial charge is 0.158 e. The summed E-state index contributed by atoms with van der Waals surface area (Å²) in [6, 6.07) is 0. The molecule has 1 heterocycles. The molecule has 1 unspecified atom stereocenters. The summed E-state index contributed by atoms with van der Waals surface area (Å²) in [6.45, 7) is 6.29. The molecule has 0 aromatic rings. The van der Waals surface area contributed by atoms with Gasteiger partial charge >= 0.3 is 0 Å². The van der Waals surface area contributed by atoms with E-state index in [9.17, 15) is 0 Å². The third-order valence-corrected chi connectivity index (χ3v) is 4.63. The van der Waals surface area contributed by atoms with Crippen LogP contribution in [0.5, 0.6) is 0 Å². The average Bonchev–Trinajstić information content (AvgIpc) is 2.35. The van der Waals surface area contributed by atoms with Gasteiger partial charge in [0.2, 0.25) is 0 Å². The lowest BCUT2D eigenvalue weighted by molar-refractivity contribution is -0.239. The SMILES string of the molecule is CC1(C)CCC(CCN)(OC2CCCCO2)CC1. The zero-order valence-corrected chi connectivity index (χ0v) is 12.0. The van der Waals surface area contributed by atoms with E-state index >= 15 is 0 Å². The monoisotopic (exact) mass is 255 g/mol. The molecule has 2 rings (SSSR count). The summed E-state index contributed by atoms with van der Waals surface area (Å²) in [5.74, 6) is 0. The van der Waals surface area contributed by atoms with E-state index in [-0.39, 0.29) is 11.9 Å². The lowest BCUT2D eigenvalue weighted by Gasteiger charge is -2.45. The van der Waals surface area contributed by atoms with Crippen LogP contribution in [0.1, 0.15) is 65.2 Å². The Kier molecular flexibility index (Phi) is 4.68. The van der Waals surface area contributed by atoms with Crippen molar-refractivity contribution in [2.24, 2.45) is 11.1 Å². The van der Waals surface area contributed by atoms with E-state index < -0.39 is 0 Å². The van der Waals surface area contributed by atoms with E-state index in [1.165, 1.54) is 25.7 Å². The van der Waals surface area contributed by atoms with Gasteiger partial charge in [0, 0.05) is 6.61 Å². The Morgan fingerprint density at radius 1 is 1.17 bits per heavy atom. The topological polar surface area (TPSA) is 44.5 Å². The molecule has 1 aliphatic heterocycles. The minimum absolute atomic E-state index is 0.00766. The van der Waals surface area contributed by atoms with Crippen molar-refractivity contribution in [1.82, 2.24) is 0 Å². The normalized spacial score (nSPS) is 31.2. The average molecular weight is 255 g/mol. The van der Waals surface area contributed by atoms with Crippen LogP contribution in [-0.2, 0) is 9.47 Å². The van der Waals surface area contributed by atoms with Gasteiger partial charge in [0.15, 0.2) is 6.29 Å². The van der Waals surface area contributed by atoms with Gasteiger partial charge in [-0.1, -0.05) is 13.8 Å². The first-order valence-electron chi connectivity index (χ1n) is 7.55. The molecule has 0 radical (unpaired) electrons. The molecule has 2 fully saturated rings. The van der Waals surface area contributed by atoms with Crippen molar-refractivity contribution < 1.29 is 9.47 Å². The van der Waals surface area contributed by atoms with Crippen molar-refractivity contribution >= 4 is 0 Å². The van der Waals surface area contributed by atoms with E-state index in [1.54, 1.807) is 0 Å². The molecule has 0 amide bonds. The molecule has 1 atom stereocenters. The zero-order valence-electron chi connectivity index (χ0n) is 12.0. The molecule has 1 saturated carbocycles. The molecule has 106 valence electrons. The second kappa shape index (κ2) is 5.89.